The van der Waals surface area contributed by atoms with Crippen LogP contribution in [0.3, 0.4) is 0 Å². The molecule has 3 aromatic rings. The van der Waals surface area contributed by atoms with Crippen molar-refractivity contribution in [1.82, 2.24) is 0 Å². The number of nitriles is 1. The van der Waals surface area contributed by atoms with Gasteiger partial charge in [-0.15, -0.1) is 0 Å². The molecule has 0 radical (unpaired) electrons. The molecule has 5 nitrogen and oxygen atoms in total. The molecular formula is C26H21Cl3N2O3. The lowest BCUT2D eigenvalue weighted by Gasteiger charge is -2.15. The summed E-state index contributed by atoms with van der Waals surface area (Å²) in [6.07, 6.45) is 1.43. The van der Waals surface area contributed by atoms with Gasteiger partial charge < -0.3 is 14.8 Å². The number of hydrogen-bond acceptors (Lipinski definition) is 4. The Hall–Kier alpha value is -3.17. The first-order valence-electron chi connectivity index (χ1n) is 10.3. The predicted octanol–water partition coefficient (Wildman–Crippen LogP) is 7.48. The van der Waals surface area contributed by atoms with Gasteiger partial charge in [-0.25, -0.2) is 0 Å². The smallest absolute Gasteiger partial charge is 0.266 e. The van der Waals surface area contributed by atoms with E-state index in [0.717, 1.165) is 11.1 Å². The van der Waals surface area contributed by atoms with Crippen LogP contribution in [0.25, 0.3) is 6.08 Å². The molecule has 0 bridgehead atoms. The zero-order valence-corrected chi connectivity index (χ0v) is 20.8. The van der Waals surface area contributed by atoms with Crippen molar-refractivity contribution in [2.45, 2.75) is 20.5 Å². The normalized spacial score (nSPS) is 11.0. The van der Waals surface area contributed by atoms with Gasteiger partial charge in [-0.3, -0.25) is 4.79 Å². The number of hydrogen-bond donors (Lipinski definition) is 1. The molecule has 0 heterocycles. The number of ether oxygens (including phenoxy) is 2. The monoisotopic (exact) mass is 514 g/mol. The van der Waals surface area contributed by atoms with Crippen LogP contribution in [0.2, 0.25) is 15.1 Å². The Labute approximate surface area is 213 Å². The summed E-state index contributed by atoms with van der Waals surface area (Å²) in [5.41, 5.74) is 2.64. The molecule has 0 spiro atoms. The first-order chi connectivity index (χ1) is 16.3. The van der Waals surface area contributed by atoms with E-state index in [1.54, 1.807) is 42.5 Å². The topological polar surface area (TPSA) is 71.3 Å². The first-order valence-corrected chi connectivity index (χ1v) is 11.5. The van der Waals surface area contributed by atoms with Crippen molar-refractivity contribution in [2.24, 2.45) is 0 Å². The predicted molar refractivity (Wildman–Crippen MR) is 137 cm³/mol. The third-order valence-electron chi connectivity index (χ3n) is 4.71. The summed E-state index contributed by atoms with van der Waals surface area (Å²) in [6.45, 7) is 4.30. The highest BCUT2D eigenvalue weighted by Crippen LogP contribution is 2.38. The van der Waals surface area contributed by atoms with E-state index < -0.39 is 5.91 Å². The van der Waals surface area contributed by atoms with E-state index in [4.69, 9.17) is 44.3 Å². The molecule has 0 saturated carbocycles. The van der Waals surface area contributed by atoms with Crippen LogP contribution < -0.4 is 14.8 Å². The van der Waals surface area contributed by atoms with Crippen LogP contribution in [0.5, 0.6) is 11.5 Å². The maximum atomic E-state index is 12.6. The second kappa shape index (κ2) is 11.8. The third-order valence-corrected chi connectivity index (χ3v) is 5.63. The summed E-state index contributed by atoms with van der Waals surface area (Å²) in [5.74, 6) is 0.182. The molecule has 1 N–H and O–H groups in total. The number of aryl methyl sites for hydroxylation is 1. The van der Waals surface area contributed by atoms with Crippen molar-refractivity contribution in [3.63, 3.8) is 0 Å². The number of benzene rings is 3. The SMILES string of the molecule is CCOc1cc(/C=C(\C#N)C(=O)Nc2ccc(C)c(Cl)c2)cc(Cl)c1OCc1cccc(Cl)c1. The van der Waals surface area contributed by atoms with Crippen LogP contribution in [0.4, 0.5) is 5.69 Å². The molecule has 3 aromatic carbocycles. The van der Waals surface area contributed by atoms with Crippen LogP contribution in [-0.4, -0.2) is 12.5 Å². The van der Waals surface area contributed by atoms with E-state index in [9.17, 15) is 10.1 Å². The number of rotatable bonds is 8. The Bertz CT molecular complexity index is 1280. The standard InChI is InChI=1S/C26H21Cl3N2O3/c1-3-33-24-12-18(11-23(29)25(24)34-15-17-5-4-6-20(27)10-17)9-19(14-30)26(32)31-21-8-7-16(2)22(28)13-21/h4-13H,3,15H2,1-2H3,(H,31,32)/b19-9+. The quantitative estimate of drug-likeness (QED) is 0.249. The van der Waals surface area contributed by atoms with Crippen LogP contribution in [0.1, 0.15) is 23.6 Å². The van der Waals surface area contributed by atoms with E-state index in [0.29, 0.717) is 39.4 Å². The molecular weight excluding hydrogens is 495 g/mol. The molecule has 0 aliphatic rings. The van der Waals surface area contributed by atoms with Gasteiger partial charge in [0.25, 0.3) is 5.91 Å². The number of carbonyl (C=O) groups excluding carboxylic acids is 1. The molecule has 174 valence electrons. The minimum Gasteiger partial charge on any atom is -0.490 e. The summed E-state index contributed by atoms with van der Waals surface area (Å²) in [4.78, 5) is 12.6. The van der Waals surface area contributed by atoms with Crippen molar-refractivity contribution in [3.8, 4) is 17.6 Å². The lowest BCUT2D eigenvalue weighted by atomic mass is 10.1. The van der Waals surface area contributed by atoms with Crippen LogP contribution in [-0.2, 0) is 11.4 Å². The van der Waals surface area contributed by atoms with E-state index in [1.807, 2.05) is 32.0 Å². The van der Waals surface area contributed by atoms with Gasteiger partial charge in [0.1, 0.15) is 18.2 Å². The van der Waals surface area contributed by atoms with Crippen molar-refractivity contribution < 1.29 is 14.3 Å². The summed E-state index contributed by atoms with van der Waals surface area (Å²) in [7, 11) is 0. The summed E-state index contributed by atoms with van der Waals surface area (Å²) < 4.78 is 11.6. The van der Waals surface area contributed by atoms with Crippen LogP contribution >= 0.6 is 34.8 Å². The largest absolute Gasteiger partial charge is 0.490 e. The number of nitrogens with zero attached hydrogens (tertiary/aromatic N) is 1. The third kappa shape index (κ3) is 6.68. The van der Waals surface area contributed by atoms with Gasteiger partial charge in [-0.2, -0.15) is 5.26 Å². The van der Waals surface area contributed by atoms with Gasteiger partial charge in [0, 0.05) is 15.7 Å². The summed E-state index contributed by atoms with van der Waals surface area (Å²) in [5, 5.41) is 13.6. The van der Waals surface area contributed by atoms with Crippen molar-refractivity contribution in [2.75, 3.05) is 11.9 Å². The number of halogens is 3. The zero-order valence-electron chi connectivity index (χ0n) is 18.5. The van der Waals surface area contributed by atoms with Gasteiger partial charge in [-0.1, -0.05) is 53.0 Å². The number of nitrogens with one attached hydrogen (secondary N) is 1. The molecule has 0 aliphatic heterocycles. The van der Waals surface area contributed by atoms with Gasteiger partial charge in [0.2, 0.25) is 0 Å². The molecule has 1 amide bonds. The fraction of sp³-hybridized carbons (Fsp3) is 0.154. The highest BCUT2D eigenvalue weighted by Gasteiger charge is 2.15. The molecule has 0 fully saturated rings. The Morgan fingerprint density at radius 2 is 1.85 bits per heavy atom. The zero-order chi connectivity index (χ0) is 24.7. The number of carbonyl (C=O) groups is 1. The lowest BCUT2D eigenvalue weighted by Crippen LogP contribution is -2.13. The fourth-order valence-corrected chi connectivity index (χ4v) is 3.71. The second-order valence-electron chi connectivity index (χ2n) is 7.27. The highest BCUT2D eigenvalue weighted by molar-refractivity contribution is 6.32. The Balaban J connectivity index is 1.85. The van der Waals surface area contributed by atoms with Crippen LogP contribution in [0.15, 0.2) is 60.2 Å². The van der Waals surface area contributed by atoms with Gasteiger partial charge in [0.05, 0.1) is 11.6 Å². The Kier molecular flexibility index (Phi) is 8.84. The van der Waals surface area contributed by atoms with E-state index in [-0.39, 0.29) is 17.2 Å². The van der Waals surface area contributed by atoms with Gasteiger partial charge in [0.15, 0.2) is 11.5 Å². The highest BCUT2D eigenvalue weighted by atomic mass is 35.5. The minimum atomic E-state index is -0.571. The van der Waals surface area contributed by atoms with Gasteiger partial charge >= 0.3 is 0 Å². The molecule has 0 atom stereocenters. The lowest BCUT2D eigenvalue weighted by molar-refractivity contribution is -0.112. The second-order valence-corrected chi connectivity index (χ2v) is 8.52. The van der Waals surface area contributed by atoms with E-state index >= 15 is 0 Å². The average molecular weight is 516 g/mol. The summed E-state index contributed by atoms with van der Waals surface area (Å²) in [6, 6.07) is 17.6. The number of anilines is 1. The molecule has 0 unspecified atom stereocenters. The van der Waals surface area contributed by atoms with Crippen molar-refractivity contribution >= 4 is 52.5 Å². The maximum absolute atomic E-state index is 12.6. The average Bonchev–Trinajstić information content (AvgIpc) is 2.79. The molecule has 0 aliphatic carbocycles. The van der Waals surface area contributed by atoms with Crippen molar-refractivity contribution in [3.05, 3.63) is 91.9 Å². The van der Waals surface area contributed by atoms with Gasteiger partial charge in [-0.05, 0) is 73.0 Å². The van der Waals surface area contributed by atoms with E-state index in [1.165, 1.54) is 6.08 Å². The maximum Gasteiger partial charge on any atom is 0.266 e. The molecule has 34 heavy (non-hydrogen) atoms. The molecule has 8 heteroatoms. The van der Waals surface area contributed by atoms with Crippen molar-refractivity contribution in [1.29, 1.82) is 5.26 Å². The molecule has 0 saturated heterocycles. The van der Waals surface area contributed by atoms with Crippen LogP contribution in [0, 0.1) is 18.3 Å². The first kappa shape index (κ1) is 25.5. The van der Waals surface area contributed by atoms with E-state index in [2.05, 4.69) is 5.32 Å². The Morgan fingerprint density at radius 3 is 2.53 bits per heavy atom. The summed E-state index contributed by atoms with van der Waals surface area (Å²) >= 11 is 18.6. The molecule has 3 rings (SSSR count). The fourth-order valence-electron chi connectivity index (χ4n) is 3.04. The number of amides is 1. The molecule has 0 aromatic heterocycles. The Morgan fingerprint density at radius 1 is 1.06 bits per heavy atom. The minimum absolute atomic E-state index is 0.109.